The summed E-state index contributed by atoms with van der Waals surface area (Å²) in [5.74, 6) is 0.864. The number of hydrogen-bond acceptors (Lipinski definition) is 2. The molecule has 1 unspecified atom stereocenters. The average molecular weight is 246 g/mol. The molecule has 0 aliphatic carbocycles. The van der Waals surface area contributed by atoms with E-state index in [1.807, 2.05) is 0 Å². The molecule has 2 rings (SSSR count). The van der Waals surface area contributed by atoms with Gasteiger partial charge in [-0.1, -0.05) is 29.8 Å². The van der Waals surface area contributed by atoms with Gasteiger partial charge in [0.2, 0.25) is 0 Å². The van der Waals surface area contributed by atoms with E-state index in [-0.39, 0.29) is 0 Å². The number of nitrogens with zero attached hydrogens (tertiary/aromatic N) is 1. The first kappa shape index (κ1) is 13.6. The van der Waals surface area contributed by atoms with Gasteiger partial charge in [-0.05, 0) is 58.3 Å². The minimum atomic E-state index is 0.514. The van der Waals surface area contributed by atoms with Gasteiger partial charge in [-0.3, -0.25) is 4.90 Å². The predicted molar refractivity (Wildman–Crippen MR) is 77.8 cm³/mol. The zero-order chi connectivity index (χ0) is 13.0. The van der Waals surface area contributed by atoms with Crippen molar-refractivity contribution in [1.82, 2.24) is 10.2 Å². The van der Waals surface area contributed by atoms with Gasteiger partial charge in [-0.15, -0.1) is 0 Å². The van der Waals surface area contributed by atoms with Crippen LogP contribution in [0.15, 0.2) is 24.3 Å². The van der Waals surface area contributed by atoms with Crippen LogP contribution in [0.5, 0.6) is 0 Å². The number of aryl methyl sites for hydroxylation is 1. The van der Waals surface area contributed by atoms with Crippen molar-refractivity contribution in [1.29, 1.82) is 0 Å². The largest absolute Gasteiger partial charge is 0.317 e. The van der Waals surface area contributed by atoms with Crippen LogP contribution in [0.1, 0.15) is 36.9 Å². The van der Waals surface area contributed by atoms with Crippen molar-refractivity contribution in [2.45, 2.75) is 32.7 Å². The van der Waals surface area contributed by atoms with E-state index in [1.54, 1.807) is 0 Å². The van der Waals surface area contributed by atoms with Crippen LogP contribution >= 0.6 is 0 Å². The molecule has 0 spiro atoms. The summed E-state index contributed by atoms with van der Waals surface area (Å²) in [4.78, 5) is 2.50. The van der Waals surface area contributed by atoms with Gasteiger partial charge in [0.1, 0.15) is 0 Å². The number of nitrogens with one attached hydrogen (secondary N) is 1. The molecule has 18 heavy (non-hydrogen) atoms. The third kappa shape index (κ3) is 3.56. The highest BCUT2D eigenvalue weighted by Gasteiger charge is 2.18. The third-order valence-corrected chi connectivity index (χ3v) is 4.19. The van der Waals surface area contributed by atoms with E-state index < -0.39 is 0 Å². The summed E-state index contributed by atoms with van der Waals surface area (Å²) in [6, 6.07) is 9.41. The number of piperidine rings is 1. The normalized spacial score (nSPS) is 19.1. The van der Waals surface area contributed by atoms with Crippen molar-refractivity contribution in [3.05, 3.63) is 35.4 Å². The molecule has 0 saturated carbocycles. The van der Waals surface area contributed by atoms with Crippen molar-refractivity contribution < 1.29 is 0 Å². The maximum absolute atomic E-state index is 3.44. The van der Waals surface area contributed by atoms with Crippen molar-refractivity contribution in [3.8, 4) is 0 Å². The van der Waals surface area contributed by atoms with Crippen molar-refractivity contribution >= 4 is 0 Å². The van der Waals surface area contributed by atoms with E-state index >= 15 is 0 Å². The van der Waals surface area contributed by atoms with Crippen LogP contribution in [0.3, 0.4) is 0 Å². The number of hydrogen-bond donors (Lipinski definition) is 1. The smallest absolute Gasteiger partial charge is 0.0317 e. The average Bonchev–Trinajstić information content (AvgIpc) is 2.39. The van der Waals surface area contributed by atoms with Crippen LogP contribution in [-0.2, 0) is 0 Å². The molecular formula is C16H26N2. The van der Waals surface area contributed by atoms with Crippen LogP contribution in [0.25, 0.3) is 0 Å². The summed E-state index contributed by atoms with van der Waals surface area (Å²) in [6.45, 7) is 8.09. The highest BCUT2D eigenvalue weighted by molar-refractivity contribution is 5.24. The third-order valence-electron chi connectivity index (χ3n) is 4.19. The Labute approximate surface area is 111 Å². The zero-order valence-electron chi connectivity index (χ0n) is 11.9. The molecule has 1 aliphatic heterocycles. The van der Waals surface area contributed by atoms with Crippen molar-refractivity contribution in [2.75, 3.05) is 26.7 Å². The van der Waals surface area contributed by atoms with Crippen molar-refractivity contribution in [2.24, 2.45) is 5.92 Å². The molecule has 1 aromatic rings. The lowest BCUT2D eigenvalue weighted by Crippen LogP contribution is -2.35. The van der Waals surface area contributed by atoms with Gasteiger partial charge in [0.25, 0.3) is 0 Å². The Bertz CT molecular complexity index is 369. The van der Waals surface area contributed by atoms with E-state index in [4.69, 9.17) is 0 Å². The fourth-order valence-electron chi connectivity index (χ4n) is 2.81. The second-order valence-corrected chi connectivity index (χ2v) is 5.72. The number of rotatable bonds is 4. The Balaban J connectivity index is 1.93. The van der Waals surface area contributed by atoms with Gasteiger partial charge >= 0.3 is 0 Å². The van der Waals surface area contributed by atoms with Gasteiger partial charge in [0, 0.05) is 12.6 Å². The molecule has 1 atom stereocenters. The van der Waals surface area contributed by atoms with E-state index in [0.717, 1.165) is 5.92 Å². The Morgan fingerprint density at radius 3 is 2.72 bits per heavy atom. The van der Waals surface area contributed by atoms with Gasteiger partial charge in [0.15, 0.2) is 0 Å². The van der Waals surface area contributed by atoms with E-state index in [9.17, 15) is 0 Å². The second kappa shape index (κ2) is 6.35. The fourth-order valence-corrected chi connectivity index (χ4v) is 2.81. The standard InChI is InChI=1S/C16H26N2/c1-13-5-4-6-16(11-13)14(2)18(3)12-15-7-9-17-10-8-15/h4-6,11,14-15,17H,7-10,12H2,1-3H3. The quantitative estimate of drug-likeness (QED) is 0.878. The topological polar surface area (TPSA) is 15.3 Å². The highest BCUT2D eigenvalue weighted by atomic mass is 15.1. The van der Waals surface area contributed by atoms with Crippen molar-refractivity contribution in [3.63, 3.8) is 0 Å². The van der Waals surface area contributed by atoms with Crippen LogP contribution in [-0.4, -0.2) is 31.6 Å². The summed E-state index contributed by atoms with van der Waals surface area (Å²) in [5, 5.41) is 3.44. The van der Waals surface area contributed by atoms with Crippen LogP contribution in [0, 0.1) is 12.8 Å². The first-order chi connectivity index (χ1) is 8.66. The molecule has 1 saturated heterocycles. The van der Waals surface area contributed by atoms with Crippen LogP contribution in [0.2, 0.25) is 0 Å². The molecule has 0 aromatic heterocycles. The summed E-state index contributed by atoms with van der Waals surface area (Å²) < 4.78 is 0. The Kier molecular flexibility index (Phi) is 4.79. The molecular weight excluding hydrogens is 220 g/mol. The van der Waals surface area contributed by atoms with Gasteiger partial charge in [0.05, 0.1) is 0 Å². The van der Waals surface area contributed by atoms with Crippen LogP contribution < -0.4 is 5.32 Å². The summed E-state index contributed by atoms with van der Waals surface area (Å²) in [7, 11) is 2.26. The molecule has 1 aliphatic rings. The first-order valence-corrected chi connectivity index (χ1v) is 7.14. The SMILES string of the molecule is Cc1cccc(C(C)N(C)CC2CCNCC2)c1. The van der Waals surface area contributed by atoms with E-state index in [1.165, 1.54) is 43.6 Å². The Morgan fingerprint density at radius 1 is 1.33 bits per heavy atom. The first-order valence-electron chi connectivity index (χ1n) is 7.14. The predicted octanol–water partition coefficient (Wildman–Crippen LogP) is 2.99. The molecule has 0 bridgehead atoms. The van der Waals surface area contributed by atoms with Crippen LogP contribution in [0.4, 0.5) is 0 Å². The summed E-state index contributed by atoms with van der Waals surface area (Å²) >= 11 is 0. The molecule has 1 N–H and O–H groups in total. The van der Waals surface area contributed by atoms with Gasteiger partial charge < -0.3 is 5.32 Å². The highest BCUT2D eigenvalue weighted by Crippen LogP contribution is 2.22. The molecule has 1 heterocycles. The lowest BCUT2D eigenvalue weighted by atomic mass is 9.96. The Hall–Kier alpha value is -0.860. The molecule has 100 valence electrons. The minimum absolute atomic E-state index is 0.514. The molecule has 2 heteroatoms. The molecule has 0 radical (unpaired) electrons. The monoisotopic (exact) mass is 246 g/mol. The molecule has 1 fully saturated rings. The minimum Gasteiger partial charge on any atom is -0.317 e. The zero-order valence-corrected chi connectivity index (χ0v) is 11.9. The molecule has 1 aromatic carbocycles. The number of benzene rings is 1. The fraction of sp³-hybridized carbons (Fsp3) is 0.625. The van der Waals surface area contributed by atoms with E-state index in [2.05, 4.69) is 55.4 Å². The van der Waals surface area contributed by atoms with E-state index in [0.29, 0.717) is 6.04 Å². The second-order valence-electron chi connectivity index (χ2n) is 5.72. The maximum atomic E-state index is 3.44. The lowest BCUT2D eigenvalue weighted by Gasteiger charge is -2.31. The summed E-state index contributed by atoms with van der Waals surface area (Å²) in [5.41, 5.74) is 2.79. The maximum Gasteiger partial charge on any atom is 0.0317 e. The molecule has 0 amide bonds. The summed E-state index contributed by atoms with van der Waals surface area (Å²) in [6.07, 6.45) is 2.65. The van der Waals surface area contributed by atoms with Gasteiger partial charge in [-0.25, -0.2) is 0 Å². The van der Waals surface area contributed by atoms with Gasteiger partial charge in [-0.2, -0.15) is 0 Å². The Morgan fingerprint density at radius 2 is 2.06 bits per heavy atom. The lowest BCUT2D eigenvalue weighted by molar-refractivity contribution is 0.196. The molecule has 2 nitrogen and oxygen atoms in total.